The molecule has 0 aliphatic carbocycles. The Hall–Kier alpha value is -2.80. The van der Waals surface area contributed by atoms with Gasteiger partial charge in [-0.05, 0) is 18.2 Å². The van der Waals surface area contributed by atoms with Crippen LogP contribution in [0, 0.1) is 5.82 Å². The summed E-state index contributed by atoms with van der Waals surface area (Å²) in [7, 11) is -3.65. The molecule has 1 atom stereocenters. The zero-order chi connectivity index (χ0) is 23.0. The number of pyridine rings is 1. The van der Waals surface area contributed by atoms with E-state index in [1.54, 1.807) is 12.1 Å². The van der Waals surface area contributed by atoms with Gasteiger partial charge in [0.2, 0.25) is 9.84 Å². The minimum Gasteiger partial charge on any atom is -0.335 e. The van der Waals surface area contributed by atoms with E-state index < -0.39 is 20.2 Å². The van der Waals surface area contributed by atoms with E-state index in [0.717, 1.165) is 6.54 Å². The second-order valence-corrected chi connectivity index (χ2v) is 11.2. The van der Waals surface area contributed by atoms with E-state index in [2.05, 4.69) is 35.6 Å². The molecule has 13 heteroatoms. The molecule has 5 rings (SSSR count). The summed E-state index contributed by atoms with van der Waals surface area (Å²) >= 11 is 7.56. The standard InChI is InChI=1S/C20H17ClFN7O2S2/c21-11-2-1-3-12(22)17(11)19-27-13-4-5-24-20(18(13)29-19)28-14-8-15(26-10-25-14)33(30,31)16-9-23-6-7-32-16/h1-5,8,10,16,23H,6-7,9H2,(H,27,29)(H,24,25,26,28). The molecule has 1 aliphatic heterocycles. The molecule has 3 aromatic heterocycles. The van der Waals surface area contributed by atoms with Crippen molar-refractivity contribution in [1.82, 2.24) is 30.2 Å². The van der Waals surface area contributed by atoms with Crippen LogP contribution in [-0.4, -0.2) is 56.8 Å². The van der Waals surface area contributed by atoms with E-state index in [0.29, 0.717) is 29.1 Å². The Labute approximate surface area is 197 Å². The fourth-order valence-corrected chi connectivity index (χ4v) is 6.82. The first-order chi connectivity index (χ1) is 15.9. The van der Waals surface area contributed by atoms with E-state index in [1.165, 1.54) is 42.5 Å². The summed E-state index contributed by atoms with van der Waals surface area (Å²) in [5.74, 6) is 1.04. The number of benzene rings is 1. The molecule has 0 radical (unpaired) electrons. The Morgan fingerprint density at radius 3 is 2.88 bits per heavy atom. The second kappa shape index (κ2) is 8.86. The third-order valence-electron chi connectivity index (χ3n) is 5.02. The lowest BCUT2D eigenvalue weighted by molar-refractivity contribution is 0.582. The van der Waals surface area contributed by atoms with Crippen molar-refractivity contribution in [2.24, 2.45) is 0 Å². The summed E-state index contributed by atoms with van der Waals surface area (Å²) in [4.78, 5) is 19.9. The highest BCUT2D eigenvalue weighted by molar-refractivity contribution is 8.13. The number of aromatic nitrogens is 5. The molecule has 0 saturated carbocycles. The van der Waals surface area contributed by atoms with Gasteiger partial charge in [-0.1, -0.05) is 17.7 Å². The van der Waals surface area contributed by atoms with E-state index in [-0.39, 0.29) is 27.3 Å². The third kappa shape index (κ3) is 4.26. The quantitative estimate of drug-likeness (QED) is 0.350. The van der Waals surface area contributed by atoms with Crippen molar-refractivity contribution >= 4 is 55.9 Å². The molecule has 0 amide bonds. The van der Waals surface area contributed by atoms with Crippen LogP contribution >= 0.6 is 23.4 Å². The minimum absolute atomic E-state index is 0.0724. The average molecular weight is 506 g/mol. The van der Waals surface area contributed by atoms with Gasteiger partial charge in [-0.15, -0.1) is 11.8 Å². The normalized spacial score (nSPS) is 16.7. The molecule has 0 spiro atoms. The monoisotopic (exact) mass is 505 g/mol. The second-order valence-electron chi connectivity index (χ2n) is 7.15. The van der Waals surface area contributed by atoms with Crippen molar-refractivity contribution in [2.75, 3.05) is 24.2 Å². The molecular formula is C20H17ClFN7O2S2. The Morgan fingerprint density at radius 2 is 2.09 bits per heavy atom. The van der Waals surface area contributed by atoms with Crippen molar-refractivity contribution in [3.05, 3.63) is 53.7 Å². The van der Waals surface area contributed by atoms with Crippen LogP contribution in [0.3, 0.4) is 0 Å². The average Bonchev–Trinajstić information content (AvgIpc) is 3.24. The van der Waals surface area contributed by atoms with Crippen molar-refractivity contribution in [3.63, 3.8) is 0 Å². The highest BCUT2D eigenvalue weighted by atomic mass is 35.5. The highest BCUT2D eigenvalue weighted by Gasteiger charge is 2.31. The number of halogens is 2. The lowest BCUT2D eigenvalue weighted by Gasteiger charge is -2.22. The number of hydrogen-bond donors (Lipinski definition) is 3. The Bertz CT molecular complexity index is 1420. The molecule has 1 aromatic carbocycles. The smallest absolute Gasteiger partial charge is 0.209 e. The molecule has 1 saturated heterocycles. The summed E-state index contributed by atoms with van der Waals surface area (Å²) < 4.78 is 39.7. The first-order valence-corrected chi connectivity index (χ1v) is 12.8. The fourth-order valence-electron chi connectivity index (χ4n) is 3.43. The molecule has 1 aliphatic rings. The maximum atomic E-state index is 14.4. The van der Waals surface area contributed by atoms with Gasteiger partial charge >= 0.3 is 0 Å². The van der Waals surface area contributed by atoms with E-state index in [1.807, 2.05) is 0 Å². The van der Waals surface area contributed by atoms with Gasteiger partial charge in [0.1, 0.15) is 33.9 Å². The number of fused-ring (bicyclic) bond motifs is 1. The Kier molecular flexibility index (Phi) is 5.91. The van der Waals surface area contributed by atoms with E-state index >= 15 is 0 Å². The topological polar surface area (TPSA) is 126 Å². The van der Waals surface area contributed by atoms with E-state index in [9.17, 15) is 12.8 Å². The van der Waals surface area contributed by atoms with Crippen molar-refractivity contribution in [1.29, 1.82) is 0 Å². The van der Waals surface area contributed by atoms with Gasteiger partial charge < -0.3 is 15.6 Å². The number of thioether (sulfide) groups is 1. The molecule has 9 nitrogen and oxygen atoms in total. The maximum absolute atomic E-state index is 14.4. The molecule has 170 valence electrons. The number of hydrogen-bond acceptors (Lipinski definition) is 9. The van der Waals surface area contributed by atoms with Gasteiger partial charge in [-0.2, -0.15) is 0 Å². The lowest BCUT2D eigenvalue weighted by atomic mass is 10.2. The number of H-pyrrole nitrogens is 1. The molecule has 4 heterocycles. The fraction of sp³-hybridized carbons (Fsp3) is 0.200. The van der Waals surface area contributed by atoms with Gasteiger partial charge in [0.05, 0.1) is 16.1 Å². The van der Waals surface area contributed by atoms with Gasteiger partial charge in [0, 0.05) is 31.1 Å². The van der Waals surface area contributed by atoms with Crippen LogP contribution in [0.15, 0.2) is 47.9 Å². The summed E-state index contributed by atoms with van der Waals surface area (Å²) in [5.41, 5.74) is 1.16. The zero-order valence-electron chi connectivity index (χ0n) is 16.9. The van der Waals surface area contributed by atoms with Crippen molar-refractivity contribution in [3.8, 4) is 11.4 Å². The predicted octanol–water partition coefficient (Wildman–Crippen LogP) is 3.39. The number of rotatable bonds is 5. The van der Waals surface area contributed by atoms with Crippen molar-refractivity contribution < 1.29 is 12.8 Å². The van der Waals surface area contributed by atoms with Crippen LogP contribution < -0.4 is 10.6 Å². The highest BCUT2D eigenvalue weighted by Crippen LogP contribution is 2.32. The van der Waals surface area contributed by atoms with Crippen LogP contribution in [-0.2, 0) is 9.84 Å². The van der Waals surface area contributed by atoms with E-state index in [4.69, 9.17) is 11.6 Å². The molecule has 0 bridgehead atoms. The molecule has 4 aromatic rings. The SMILES string of the molecule is O=S(=O)(c1cc(Nc2nccc3nc(-c4c(F)cccc4Cl)[nH]c23)ncn1)C1CNCCS1. The predicted molar refractivity (Wildman–Crippen MR) is 126 cm³/mol. The first kappa shape index (κ1) is 22.0. The van der Waals surface area contributed by atoms with Gasteiger partial charge in [0.15, 0.2) is 10.8 Å². The number of anilines is 2. The number of nitrogens with one attached hydrogen (secondary N) is 3. The molecular weight excluding hydrogens is 489 g/mol. The number of imidazole rings is 1. The van der Waals surface area contributed by atoms with Crippen LogP contribution in [0.2, 0.25) is 5.02 Å². The third-order valence-corrected chi connectivity index (χ3v) is 9.15. The van der Waals surface area contributed by atoms with Crippen LogP contribution in [0.5, 0.6) is 0 Å². The van der Waals surface area contributed by atoms with Crippen LogP contribution in [0.4, 0.5) is 16.0 Å². The first-order valence-electron chi connectivity index (χ1n) is 9.88. The Morgan fingerprint density at radius 1 is 1.21 bits per heavy atom. The summed E-state index contributed by atoms with van der Waals surface area (Å²) in [5, 5.41) is 6.25. The molecule has 3 N–H and O–H groups in total. The van der Waals surface area contributed by atoms with Crippen LogP contribution in [0.1, 0.15) is 0 Å². The minimum atomic E-state index is -3.65. The summed E-state index contributed by atoms with van der Waals surface area (Å²) in [6, 6.07) is 7.43. The number of aromatic amines is 1. The van der Waals surface area contributed by atoms with Gasteiger partial charge in [-0.25, -0.2) is 32.7 Å². The lowest BCUT2D eigenvalue weighted by Crippen LogP contribution is -2.37. The number of sulfone groups is 1. The zero-order valence-corrected chi connectivity index (χ0v) is 19.3. The Balaban J connectivity index is 1.49. The van der Waals surface area contributed by atoms with Gasteiger partial charge in [-0.3, -0.25) is 0 Å². The maximum Gasteiger partial charge on any atom is 0.209 e. The van der Waals surface area contributed by atoms with Crippen LogP contribution in [0.25, 0.3) is 22.4 Å². The summed E-state index contributed by atoms with van der Waals surface area (Å²) in [6.45, 7) is 1.13. The van der Waals surface area contributed by atoms with Gasteiger partial charge in [0.25, 0.3) is 0 Å². The largest absolute Gasteiger partial charge is 0.335 e. The molecule has 1 unspecified atom stereocenters. The molecule has 1 fully saturated rings. The summed E-state index contributed by atoms with van der Waals surface area (Å²) in [6.07, 6.45) is 2.72. The number of nitrogens with zero attached hydrogens (tertiary/aromatic N) is 4. The molecule has 33 heavy (non-hydrogen) atoms. The van der Waals surface area contributed by atoms with Crippen molar-refractivity contribution in [2.45, 2.75) is 9.61 Å².